The lowest BCUT2D eigenvalue weighted by atomic mass is 10.0. The highest BCUT2D eigenvalue weighted by molar-refractivity contribution is 6.20. The number of fused-ring (bicyclic) bond motifs is 1. The third-order valence-electron chi connectivity index (χ3n) is 5.87. The number of aromatic nitrogens is 4. The van der Waals surface area contributed by atoms with E-state index in [1.165, 1.54) is 43.4 Å². The number of nitrogens with zero attached hydrogens (tertiary/aromatic N) is 4. The average molecular weight is 484 g/mol. The first-order valence-electron chi connectivity index (χ1n) is 10.8. The Morgan fingerprint density at radius 2 is 1.82 bits per heavy atom. The van der Waals surface area contributed by atoms with Crippen molar-refractivity contribution >= 4 is 34.2 Å². The number of benzene rings is 2. The summed E-state index contributed by atoms with van der Waals surface area (Å²) in [6.45, 7) is 0. The van der Waals surface area contributed by atoms with Gasteiger partial charge in [-0.3, -0.25) is 4.79 Å². The fourth-order valence-electron chi connectivity index (χ4n) is 4.36. The fourth-order valence-corrected chi connectivity index (χ4v) is 4.45. The molecule has 1 aliphatic carbocycles. The van der Waals surface area contributed by atoms with Crippen molar-refractivity contribution < 1.29 is 18.3 Å². The van der Waals surface area contributed by atoms with Gasteiger partial charge in [-0.2, -0.15) is 0 Å². The first-order chi connectivity index (χ1) is 16.4. The number of carbonyl (C=O) groups excluding carboxylic acids is 1. The molecule has 1 amide bonds. The number of nitrogens with one attached hydrogen (secondary N) is 1. The predicted octanol–water partition coefficient (Wildman–Crippen LogP) is 6.03. The molecule has 0 atom stereocenters. The molecule has 7 nitrogen and oxygen atoms in total. The van der Waals surface area contributed by atoms with E-state index >= 15 is 0 Å². The average Bonchev–Trinajstić information content (AvgIpc) is 3.49. The summed E-state index contributed by atoms with van der Waals surface area (Å²) in [5.74, 6) is -0.491. The summed E-state index contributed by atoms with van der Waals surface area (Å²) in [6.07, 6.45) is 11.3. The second-order valence-corrected chi connectivity index (χ2v) is 8.58. The van der Waals surface area contributed by atoms with Crippen molar-refractivity contribution in [3.05, 3.63) is 67.0 Å². The van der Waals surface area contributed by atoms with E-state index in [4.69, 9.17) is 11.6 Å². The third-order valence-corrected chi connectivity index (χ3v) is 5.94. The number of anilines is 1. The molecule has 2 heterocycles. The molecular weight excluding hydrogens is 464 g/mol. The van der Waals surface area contributed by atoms with Crippen molar-refractivity contribution in [3.63, 3.8) is 0 Å². The van der Waals surface area contributed by atoms with Crippen LogP contribution >= 0.6 is 11.6 Å². The molecular formula is C24H20ClF2N5O2. The van der Waals surface area contributed by atoms with Crippen LogP contribution in [-0.2, 0) is 0 Å². The normalized spacial score (nSPS) is 14.4. The topological polar surface area (TPSA) is 81.9 Å². The molecule has 1 fully saturated rings. The second kappa shape index (κ2) is 8.98. The van der Waals surface area contributed by atoms with E-state index in [-0.39, 0.29) is 11.7 Å². The Balaban J connectivity index is 1.48. The number of hydrogen-bond acceptors (Lipinski definition) is 5. The number of hydrogen-bond donors (Lipinski definition) is 1. The van der Waals surface area contributed by atoms with Crippen LogP contribution in [0.1, 0.15) is 42.1 Å². The van der Waals surface area contributed by atoms with Crippen molar-refractivity contribution in [2.45, 2.75) is 37.3 Å². The van der Waals surface area contributed by atoms with E-state index in [2.05, 4.69) is 29.6 Å². The lowest BCUT2D eigenvalue weighted by Gasteiger charge is -2.16. The molecule has 1 saturated carbocycles. The molecule has 0 spiro atoms. The number of ether oxygens (including phenoxy) is 1. The van der Waals surface area contributed by atoms with E-state index in [0.29, 0.717) is 22.8 Å². The summed E-state index contributed by atoms with van der Waals surface area (Å²) in [4.78, 5) is 25.9. The van der Waals surface area contributed by atoms with Gasteiger partial charge in [-0.1, -0.05) is 12.8 Å². The highest BCUT2D eigenvalue weighted by Gasteiger charge is 2.27. The van der Waals surface area contributed by atoms with Gasteiger partial charge < -0.3 is 14.6 Å². The lowest BCUT2D eigenvalue weighted by molar-refractivity contribution is -0.0964. The minimum atomic E-state index is -3.81. The maximum atomic E-state index is 13.1. The molecule has 1 aliphatic rings. The zero-order chi connectivity index (χ0) is 23.7. The minimum absolute atomic E-state index is 0.122. The summed E-state index contributed by atoms with van der Waals surface area (Å²) in [6, 6.07) is 9.42. The van der Waals surface area contributed by atoms with Crippen LogP contribution in [0.15, 0.2) is 61.4 Å². The number of carbonyl (C=O) groups is 1. The highest BCUT2D eigenvalue weighted by atomic mass is 35.5. The largest absolute Gasteiger partial charge is 0.487 e. The first kappa shape index (κ1) is 22.2. The number of alkyl halides is 3. The maximum Gasteiger partial charge on any atom is 0.487 e. The Labute approximate surface area is 198 Å². The lowest BCUT2D eigenvalue weighted by Crippen LogP contribution is -2.16. The zero-order valence-electron chi connectivity index (χ0n) is 17.9. The van der Waals surface area contributed by atoms with Crippen LogP contribution in [0.4, 0.5) is 14.5 Å². The van der Waals surface area contributed by atoms with Crippen LogP contribution in [0.25, 0.3) is 22.2 Å². The Morgan fingerprint density at radius 1 is 1.12 bits per heavy atom. The van der Waals surface area contributed by atoms with E-state index < -0.39 is 5.57 Å². The molecule has 0 saturated heterocycles. The van der Waals surface area contributed by atoms with Crippen LogP contribution in [0, 0.1) is 0 Å². The summed E-state index contributed by atoms with van der Waals surface area (Å²) in [7, 11) is 0. The van der Waals surface area contributed by atoms with Crippen molar-refractivity contribution in [3.8, 4) is 16.9 Å². The number of halogens is 3. The van der Waals surface area contributed by atoms with Crippen LogP contribution in [0.3, 0.4) is 0 Å². The molecule has 34 heavy (non-hydrogen) atoms. The zero-order valence-corrected chi connectivity index (χ0v) is 18.7. The first-order valence-corrected chi connectivity index (χ1v) is 11.2. The molecule has 0 aliphatic heterocycles. The maximum absolute atomic E-state index is 13.1. The highest BCUT2D eigenvalue weighted by Crippen LogP contribution is 2.36. The van der Waals surface area contributed by atoms with Gasteiger partial charge in [0.1, 0.15) is 12.1 Å². The summed E-state index contributed by atoms with van der Waals surface area (Å²) >= 11 is 4.79. The molecule has 0 radical (unpaired) electrons. The van der Waals surface area contributed by atoms with E-state index in [9.17, 15) is 13.6 Å². The van der Waals surface area contributed by atoms with E-state index in [0.717, 1.165) is 29.5 Å². The summed E-state index contributed by atoms with van der Waals surface area (Å²) in [5.41, 5.74) is 0.256. The molecule has 4 aromatic rings. The van der Waals surface area contributed by atoms with Gasteiger partial charge in [0.15, 0.2) is 0 Å². The van der Waals surface area contributed by atoms with Crippen molar-refractivity contribution in [2.24, 2.45) is 0 Å². The summed E-state index contributed by atoms with van der Waals surface area (Å²) < 4.78 is 32.1. The predicted molar refractivity (Wildman–Crippen MR) is 124 cm³/mol. The summed E-state index contributed by atoms with van der Waals surface area (Å²) in [5, 5.41) is 2.77. The number of amides is 1. The Hall–Kier alpha value is -3.59. The molecule has 0 bridgehead atoms. The van der Waals surface area contributed by atoms with E-state index in [1.807, 2.05) is 6.33 Å². The SMILES string of the molecule is O=C(Nc1ccc(OC(F)(F)Cl)cc1)c1cc(-c2cncnc2)c2c(c1)ncn2C1CCCC1. The van der Waals surface area contributed by atoms with Gasteiger partial charge in [-0.15, -0.1) is 8.78 Å². The van der Waals surface area contributed by atoms with Crippen molar-refractivity contribution in [2.75, 3.05) is 5.32 Å². The fraction of sp³-hybridized carbons (Fsp3) is 0.250. The standard InChI is InChI=1S/C24H20ClF2N5O2/c25-24(26,27)34-19-7-5-17(6-8-19)31-23(33)15-9-20(16-11-28-13-29-12-16)22-21(10-15)30-14-32(22)18-3-1-2-4-18/h5-14,18H,1-4H2,(H,31,33). The van der Waals surface area contributed by atoms with Gasteiger partial charge in [0.05, 0.1) is 17.4 Å². The van der Waals surface area contributed by atoms with Gasteiger partial charge in [0.25, 0.3) is 5.91 Å². The smallest absolute Gasteiger partial charge is 0.420 e. The Morgan fingerprint density at radius 3 is 2.50 bits per heavy atom. The van der Waals surface area contributed by atoms with E-state index in [1.54, 1.807) is 24.5 Å². The van der Waals surface area contributed by atoms with Crippen molar-refractivity contribution in [1.82, 2.24) is 19.5 Å². The Kier molecular flexibility index (Phi) is 5.87. The molecule has 5 rings (SSSR count). The van der Waals surface area contributed by atoms with Gasteiger partial charge >= 0.3 is 5.57 Å². The van der Waals surface area contributed by atoms with Gasteiger partial charge in [0, 0.05) is 52.4 Å². The van der Waals surface area contributed by atoms with Crippen LogP contribution in [-0.4, -0.2) is 31.0 Å². The number of imidazole rings is 1. The van der Waals surface area contributed by atoms with Gasteiger partial charge in [-0.05, 0) is 49.2 Å². The molecule has 174 valence electrons. The van der Waals surface area contributed by atoms with Gasteiger partial charge in [0.2, 0.25) is 0 Å². The number of rotatable bonds is 6. The van der Waals surface area contributed by atoms with Crippen LogP contribution < -0.4 is 10.1 Å². The molecule has 2 aromatic heterocycles. The van der Waals surface area contributed by atoms with Crippen molar-refractivity contribution in [1.29, 1.82) is 0 Å². The van der Waals surface area contributed by atoms with Crippen LogP contribution in [0.2, 0.25) is 0 Å². The molecule has 1 N–H and O–H groups in total. The molecule has 2 aromatic carbocycles. The molecule has 0 unspecified atom stereocenters. The van der Waals surface area contributed by atoms with Gasteiger partial charge in [-0.25, -0.2) is 15.0 Å². The second-order valence-electron chi connectivity index (χ2n) is 8.14. The van der Waals surface area contributed by atoms with Crippen LogP contribution in [0.5, 0.6) is 5.75 Å². The Bertz CT molecular complexity index is 1320. The monoisotopic (exact) mass is 483 g/mol. The quantitative estimate of drug-likeness (QED) is 0.339. The molecule has 10 heteroatoms. The third kappa shape index (κ3) is 4.70. The minimum Gasteiger partial charge on any atom is -0.420 e.